The van der Waals surface area contributed by atoms with E-state index in [9.17, 15) is 10.0 Å². The van der Waals surface area contributed by atoms with Gasteiger partial charge in [0.05, 0.1) is 0 Å². The molecule has 0 heterocycles. The van der Waals surface area contributed by atoms with Gasteiger partial charge in [0.25, 0.3) is 0 Å². The number of hydrogen-bond donors (Lipinski definition) is 2. The molecule has 2 N–H and O–H groups in total. The van der Waals surface area contributed by atoms with Crippen molar-refractivity contribution in [2.24, 2.45) is 0 Å². The van der Waals surface area contributed by atoms with Crippen LogP contribution in [-0.2, 0) is 16.0 Å². The van der Waals surface area contributed by atoms with E-state index in [1.165, 1.54) is 5.56 Å². The van der Waals surface area contributed by atoms with Gasteiger partial charge in [-0.25, -0.2) is 5.06 Å². The Kier molecular flexibility index (Phi) is 35.1. The molecule has 1 aromatic rings. The van der Waals surface area contributed by atoms with Crippen LogP contribution in [0.1, 0.15) is 38.2 Å². The van der Waals surface area contributed by atoms with Crippen molar-refractivity contribution >= 4 is 12.7 Å². The van der Waals surface area contributed by atoms with Crippen LogP contribution < -0.4 is 34.7 Å². The molecule has 6 nitrogen and oxygen atoms in total. The first kappa shape index (κ1) is 31.1. The zero-order valence-corrected chi connectivity index (χ0v) is 17.4. The van der Waals surface area contributed by atoms with E-state index in [1.54, 1.807) is 0 Å². The monoisotopic (exact) mass is 351 g/mol. The maximum absolute atomic E-state index is 11.5. The van der Waals surface area contributed by atoms with E-state index in [0.717, 1.165) is 45.0 Å². The molecule has 1 rings (SSSR count). The Labute approximate surface area is 167 Å². The maximum Gasteiger partial charge on any atom is 1.00 e. The summed E-state index contributed by atoms with van der Waals surface area (Å²) in [6.45, 7) is 4.48. The van der Waals surface area contributed by atoms with Crippen LogP contribution >= 0.6 is 0 Å². The standard InChI is InChI=1S/C14H21NO2.CH4O.CH3O.CH2O.Na/c1-2-3-12-15(17)14(16)11-7-10-13-8-5-4-6-9-13;3*1-2;/h4-6,8-9,17H,2-3,7,10-12H2,1H3;2H,1H3;1H3;1H2;/q;;-1;;+1. The number of amides is 1. The van der Waals surface area contributed by atoms with Gasteiger partial charge in [0, 0.05) is 20.1 Å². The van der Waals surface area contributed by atoms with E-state index >= 15 is 0 Å². The first-order valence-electron chi connectivity index (χ1n) is 7.41. The van der Waals surface area contributed by atoms with Crippen molar-refractivity contribution in [1.82, 2.24) is 5.06 Å². The first-order valence-corrected chi connectivity index (χ1v) is 7.41. The van der Waals surface area contributed by atoms with Crippen molar-refractivity contribution in [3.05, 3.63) is 35.9 Å². The van der Waals surface area contributed by atoms with Crippen LogP contribution in [0, 0.1) is 0 Å². The molecule has 1 aromatic carbocycles. The van der Waals surface area contributed by atoms with Crippen molar-refractivity contribution in [3.63, 3.8) is 0 Å². The van der Waals surface area contributed by atoms with Gasteiger partial charge in [-0.05, 0) is 24.8 Å². The van der Waals surface area contributed by atoms with Gasteiger partial charge in [-0.2, -0.15) is 7.11 Å². The second kappa shape index (κ2) is 27.1. The summed E-state index contributed by atoms with van der Waals surface area (Å²) >= 11 is 0. The molecule has 134 valence electrons. The van der Waals surface area contributed by atoms with Gasteiger partial charge in [-0.3, -0.25) is 10.0 Å². The normalized spacial score (nSPS) is 7.92. The molecule has 0 aliphatic rings. The van der Waals surface area contributed by atoms with E-state index in [2.05, 4.69) is 12.1 Å². The van der Waals surface area contributed by atoms with Crippen molar-refractivity contribution in [1.29, 1.82) is 0 Å². The molecule has 0 aliphatic heterocycles. The van der Waals surface area contributed by atoms with Crippen molar-refractivity contribution in [2.45, 2.75) is 39.0 Å². The van der Waals surface area contributed by atoms with Crippen LogP contribution in [0.5, 0.6) is 0 Å². The number of carbonyl (C=O) groups is 2. The second-order valence-corrected chi connectivity index (χ2v) is 4.21. The number of nitrogens with zero attached hydrogens (tertiary/aromatic N) is 1. The molecule has 0 unspecified atom stereocenters. The Morgan fingerprint density at radius 3 is 2.08 bits per heavy atom. The third-order valence-electron chi connectivity index (χ3n) is 2.71. The van der Waals surface area contributed by atoms with Crippen LogP contribution in [0.15, 0.2) is 30.3 Å². The molecular weight excluding hydrogens is 321 g/mol. The summed E-state index contributed by atoms with van der Waals surface area (Å²) in [5.41, 5.74) is 1.23. The van der Waals surface area contributed by atoms with Gasteiger partial charge in [0.2, 0.25) is 5.91 Å². The summed E-state index contributed by atoms with van der Waals surface area (Å²) in [6, 6.07) is 10.1. The Balaban J connectivity index is -0.000000256. The van der Waals surface area contributed by atoms with Crippen molar-refractivity contribution in [2.75, 3.05) is 20.8 Å². The van der Waals surface area contributed by atoms with E-state index < -0.39 is 0 Å². The number of benzene rings is 1. The number of hydroxylamine groups is 2. The van der Waals surface area contributed by atoms with Crippen LogP contribution in [0.3, 0.4) is 0 Å². The summed E-state index contributed by atoms with van der Waals surface area (Å²) in [5.74, 6) is -0.172. The van der Waals surface area contributed by atoms with Crippen molar-refractivity contribution in [3.8, 4) is 0 Å². The number of unbranched alkanes of at least 4 members (excludes halogenated alkanes) is 1. The molecule has 0 saturated carbocycles. The molecular formula is C17H30NNaO5. The number of hydrogen-bond acceptors (Lipinski definition) is 5. The quantitative estimate of drug-likeness (QED) is 0.351. The van der Waals surface area contributed by atoms with Gasteiger partial charge >= 0.3 is 29.6 Å². The zero-order chi connectivity index (χ0) is 18.5. The molecule has 0 aromatic heterocycles. The van der Waals surface area contributed by atoms with E-state index in [0.29, 0.717) is 13.0 Å². The van der Waals surface area contributed by atoms with Crippen LogP contribution in [0.2, 0.25) is 0 Å². The predicted molar refractivity (Wildman–Crippen MR) is 89.0 cm³/mol. The van der Waals surface area contributed by atoms with Gasteiger partial charge in [0.1, 0.15) is 6.79 Å². The van der Waals surface area contributed by atoms with E-state index in [-0.39, 0.29) is 35.5 Å². The largest absolute Gasteiger partial charge is 1.00 e. The minimum Gasteiger partial charge on any atom is -0.857 e. The summed E-state index contributed by atoms with van der Waals surface area (Å²) in [6.07, 6.45) is 3.91. The Morgan fingerprint density at radius 2 is 1.62 bits per heavy atom. The zero-order valence-electron chi connectivity index (χ0n) is 15.4. The maximum atomic E-state index is 11.5. The first-order chi connectivity index (χ1) is 11.2. The molecule has 0 atom stereocenters. The fourth-order valence-corrected chi connectivity index (χ4v) is 1.65. The fourth-order valence-electron chi connectivity index (χ4n) is 1.65. The van der Waals surface area contributed by atoms with Gasteiger partial charge in [-0.1, -0.05) is 43.7 Å². The Bertz CT molecular complexity index is 352. The third kappa shape index (κ3) is 19.3. The predicted octanol–water partition coefficient (Wildman–Crippen LogP) is -1.57. The molecule has 0 fully saturated rings. The molecule has 0 saturated heterocycles. The summed E-state index contributed by atoms with van der Waals surface area (Å²) in [4.78, 5) is 19.5. The number of aliphatic hydroxyl groups excluding tert-OH is 1. The average Bonchev–Trinajstić information content (AvgIpc) is 2.65. The topological polar surface area (TPSA) is 101 Å². The molecule has 7 heteroatoms. The molecule has 0 spiro atoms. The van der Waals surface area contributed by atoms with E-state index in [1.807, 2.05) is 31.9 Å². The Hall–Kier alpha value is -0.760. The molecule has 0 aliphatic carbocycles. The fraction of sp³-hybridized carbons (Fsp3) is 0.529. The number of rotatable bonds is 7. The molecule has 1 amide bonds. The number of aryl methyl sites for hydroxylation is 1. The molecule has 24 heavy (non-hydrogen) atoms. The van der Waals surface area contributed by atoms with Crippen LogP contribution in [-0.4, -0.2) is 48.8 Å². The van der Waals surface area contributed by atoms with Crippen LogP contribution in [0.25, 0.3) is 0 Å². The average molecular weight is 351 g/mol. The summed E-state index contributed by atoms with van der Waals surface area (Å²) in [5, 5.41) is 25.5. The van der Waals surface area contributed by atoms with Gasteiger partial charge in [-0.15, -0.1) is 0 Å². The smallest absolute Gasteiger partial charge is 0.857 e. The van der Waals surface area contributed by atoms with Crippen molar-refractivity contribution < 1.29 is 54.6 Å². The minimum atomic E-state index is -0.172. The Morgan fingerprint density at radius 1 is 1.12 bits per heavy atom. The third-order valence-corrected chi connectivity index (χ3v) is 2.71. The number of carbonyl (C=O) groups excluding carboxylic acids is 2. The summed E-state index contributed by atoms with van der Waals surface area (Å²) in [7, 11) is 1.75. The van der Waals surface area contributed by atoms with E-state index in [4.69, 9.17) is 15.0 Å². The van der Waals surface area contributed by atoms with Gasteiger partial charge in [0.15, 0.2) is 0 Å². The SMILES string of the molecule is C=O.CCCCN(O)C(=O)CCCc1ccccc1.CO.C[O-].[Na+]. The summed E-state index contributed by atoms with van der Waals surface area (Å²) < 4.78 is 0. The number of aliphatic hydroxyl groups is 1. The molecule has 0 bridgehead atoms. The van der Waals surface area contributed by atoms with Crippen LogP contribution in [0.4, 0.5) is 0 Å². The van der Waals surface area contributed by atoms with Gasteiger partial charge < -0.3 is 15.0 Å². The second-order valence-electron chi connectivity index (χ2n) is 4.21. The molecule has 0 radical (unpaired) electrons. The minimum absolute atomic E-state index is 0.